The summed E-state index contributed by atoms with van der Waals surface area (Å²) < 4.78 is 4.61. The highest BCUT2D eigenvalue weighted by molar-refractivity contribution is 7.09. The van der Waals surface area contributed by atoms with Gasteiger partial charge in [0.05, 0.1) is 24.8 Å². The minimum absolute atomic E-state index is 0.192. The van der Waals surface area contributed by atoms with E-state index in [2.05, 4.69) is 9.72 Å². The molecule has 1 aliphatic carbocycles. The molecule has 2 N–H and O–H groups in total. The fraction of sp³-hybridized carbons (Fsp3) is 0.667. The molecule has 0 radical (unpaired) electrons. The first-order valence-corrected chi connectivity index (χ1v) is 6.82. The lowest BCUT2D eigenvalue weighted by Crippen LogP contribution is -2.32. The third-order valence-corrected chi connectivity index (χ3v) is 4.40. The van der Waals surface area contributed by atoms with Gasteiger partial charge in [-0.25, -0.2) is 4.98 Å². The molecule has 0 saturated heterocycles. The average Bonchev–Trinajstić information content (AvgIpc) is 2.95. The van der Waals surface area contributed by atoms with Gasteiger partial charge in [0.25, 0.3) is 0 Å². The van der Waals surface area contributed by atoms with Crippen LogP contribution in [0.5, 0.6) is 0 Å². The smallest absolute Gasteiger partial charge is 0.305 e. The second-order valence-corrected chi connectivity index (χ2v) is 5.44. The lowest BCUT2D eigenvalue weighted by molar-refractivity contribution is -0.140. The molecule has 0 atom stereocenters. The predicted molar refractivity (Wildman–Crippen MR) is 66.8 cm³/mol. The monoisotopic (exact) mass is 254 g/mol. The van der Waals surface area contributed by atoms with E-state index in [0.717, 1.165) is 23.5 Å². The normalized spacial score (nSPS) is 18.2. The number of ether oxygens (including phenoxy) is 1. The van der Waals surface area contributed by atoms with Gasteiger partial charge in [-0.15, -0.1) is 11.3 Å². The van der Waals surface area contributed by atoms with Gasteiger partial charge in [0, 0.05) is 11.8 Å². The Bertz CT molecular complexity index is 397. The van der Waals surface area contributed by atoms with Crippen molar-refractivity contribution in [2.45, 2.75) is 44.1 Å². The number of rotatable bonds is 4. The standard InChI is InChI=1S/C12H18N2O2S/c1-16-10(15)5-4-9-8-17-11(14-9)12(13)6-2-3-7-12/h8H,2-7,13H2,1H3. The van der Waals surface area contributed by atoms with Crippen molar-refractivity contribution < 1.29 is 9.53 Å². The van der Waals surface area contributed by atoms with Crippen molar-refractivity contribution in [2.75, 3.05) is 7.11 Å². The van der Waals surface area contributed by atoms with Gasteiger partial charge in [0.1, 0.15) is 5.01 Å². The Kier molecular flexibility index (Phi) is 3.79. The molecule has 0 unspecified atom stereocenters. The number of esters is 1. The van der Waals surface area contributed by atoms with Gasteiger partial charge in [-0.05, 0) is 12.8 Å². The maximum Gasteiger partial charge on any atom is 0.305 e. The van der Waals surface area contributed by atoms with Crippen molar-refractivity contribution in [2.24, 2.45) is 5.73 Å². The molecule has 0 amide bonds. The van der Waals surface area contributed by atoms with Gasteiger partial charge in [-0.3, -0.25) is 4.79 Å². The summed E-state index contributed by atoms with van der Waals surface area (Å²) in [6.45, 7) is 0. The highest BCUT2D eigenvalue weighted by Crippen LogP contribution is 2.37. The molecule has 1 aliphatic rings. The molecular weight excluding hydrogens is 236 g/mol. The number of nitrogens with two attached hydrogens (primary N) is 1. The first kappa shape index (κ1) is 12.5. The molecule has 1 aromatic rings. The van der Waals surface area contributed by atoms with E-state index in [0.29, 0.717) is 12.8 Å². The van der Waals surface area contributed by atoms with Gasteiger partial charge >= 0.3 is 5.97 Å². The predicted octanol–water partition coefficient (Wildman–Crippen LogP) is 1.98. The summed E-state index contributed by atoms with van der Waals surface area (Å²) in [6.07, 6.45) is 5.45. The summed E-state index contributed by atoms with van der Waals surface area (Å²) in [7, 11) is 1.40. The lowest BCUT2D eigenvalue weighted by atomic mass is 10.0. The lowest BCUT2D eigenvalue weighted by Gasteiger charge is -2.19. The fourth-order valence-corrected chi connectivity index (χ4v) is 3.23. The number of hydrogen-bond acceptors (Lipinski definition) is 5. The molecule has 4 nitrogen and oxygen atoms in total. The molecule has 1 aromatic heterocycles. The molecule has 17 heavy (non-hydrogen) atoms. The Labute approximate surface area is 105 Å². The minimum atomic E-state index is -0.214. The average molecular weight is 254 g/mol. The van der Waals surface area contributed by atoms with E-state index < -0.39 is 0 Å². The molecule has 1 heterocycles. The van der Waals surface area contributed by atoms with E-state index in [1.807, 2.05) is 5.38 Å². The van der Waals surface area contributed by atoms with Crippen LogP contribution in [0.3, 0.4) is 0 Å². The summed E-state index contributed by atoms with van der Waals surface area (Å²) in [5.74, 6) is -0.192. The van der Waals surface area contributed by atoms with E-state index >= 15 is 0 Å². The van der Waals surface area contributed by atoms with Gasteiger partial charge < -0.3 is 10.5 Å². The van der Waals surface area contributed by atoms with E-state index in [1.54, 1.807) is 11.3 Å². The number of aryl methyl sites for hydroxylation is 1. The highest BCUT2D eigenvalue weighted by Gasteiger charge is 2.33. The summed E-state index contributed by atoms with van der Waals surface area (Å²) in [6, 6.07) is 0. The minimum Gasteiger partial charge on any atom is -0.469 e. The second kappa shape index (κ2) is 5.14. The van der Waals surface area contributed by atoms with Crippen LogP contribution in [0.25, 0.3) is 0 Å². The molecule has 5 heteroatoms. The molecule has 0 spiro atoms. The number of carbonyl (C=O) groups is 1. The zero-order chi connectivity index (χ0) is 12.3. The zero-order valence-electron chi connectivity index (χ0n) is 10.1. The van der Waals surface area contributed by atoms with Crippen LogP contribution >= 0.6 is 11.3 Å². The van der Waals surface area contributed by atoms with Crippen LogP contribution in [-0.4, -0.2) is 18.1 Å². The number of methoxy groups -OCH3 is 1. The Morgan fingerprint density at radius 1 is 1.59 bits per heavy atom. The fourth-order valence-electron chi connectivity index (χ4n) is 2.20. The van der Waals surface area contributed by atoms with Crippen LogP contribution in [0.15, 0.2) is 5.38 Å². The summed E-state index contributed by atoms with van der Waals surface area (Å²) in [5, 5.41) is 3.03. The van der Waals surface area contributed by atoms with Crippen LogP contribution in [0, 0.1) is 0 Å². The topological polar surface area (TPSA) is 65.2 Å². The molecule has 0 aliphatic heterocycles. The van der Waals surface area contributed by atoms with Crippen LogP contribution in [0.4, 0.5) is 0 Å². The molecule has 0 bridgehead atoms. The summed E-state index contributed by atoms with van der Waals surface area (Å²) >= 11 is 1.62. The number of nitrogens with zero attached hydrogens (tertiary/aromatic N) is 1. The van der Waals surface area contributed by atoms with Crippen LogP contribution in [0.2, 0.25) is 0 Å². The summed E-state index contributed by atoms with van der Waals surface area (Å²) in [5.41, 5.74) is 7.07. The molecule has 0 aromatic carbocycles. The van der Waals surface area contributed by atoms with E-state index in [1.165, 1.54) is 20.0 Å². The van der Waals surface area contributed by atoms with Crippen molar-refractivity contribution in [3.63, 3.8) is 0 Å². The Morgan fingerprint density at radius 3 is 2.94 bits per heavy atom. The van der Waals surface area contributed by atoms with Crippen LogP contribution < -0.4 is 5.73 Å². The highest BCUT2D eigenvalue weighted by atomic mass is 32.1. The Morgan fingerprint density at radius 2 is 2.29 bits per heavy atom. The summed E-state index contributed by atoms with van der Waals surface area (Å²) in [4.78, 5) is 15.6. The SMILES string of the molecule is COC(=O)CCc1csc(C2(N)CCCC2)n1. The Balaban J connectivity index is 1.98. The van der Waals surface area contributed by atoms with Crippen LogP contribution in [0.1, 0.15) is 42.8 Å². The van der Waals surface area contributed by atoms with Crippen molar-refractivity contribution >= 4 is 17.3 Å². The maximum atomic E-state index is 11.0. The van der Waals surface area contributed by atoms with Crippen molar-refractivity contribution in [1.82, 2.24) is 4.98 Å². The number of aromatic nitrogens is 1. The first-order chi connectivity index (χ1) is 8.14. The molecule has 1 saturated carbocycles. The van der Waals surface area contributed by atoms with Gasteiger partial charge in [0.2, 0.25) is 0 Å². The quantitative estimate of drug-likeness (QED) is 0.834. The third kappa shape index (κ3) is 2.84. The molecular formula is C12H18N2O2S. The number of hydrogen-bond donors (Lipinski definition) is 1. The van der Waals surface area contributed by atoms with Gasteiger partial charge in [0.15, 0.2) is 0 Å². The zero-order valence-corrected chi connectivity index (χ0v) is 10.9. The van der Waals surface area contributed by atoms with Crippen molar-refractivity contribution in [3.05, 3.63) is 16.1 Å². The first-order valence-electron chi connectivity index (χ1n) is 5.95. The molecule has 94 valence electrons. The van der Waals surface area contributed by atoms with Gasteiger partial charge in [-0.1, -0.05) is 12.8 Å². The molecule has 1 fully saturated rings. The van der Waals surface area contributed by atoms with E-state index in [4.69, 9.17) is 5.73 Å². The van der Waals surface area contributed by atoms with E-state index in [9.17, 15) is 4.79 Å². The number of carbonyl (C=O) groups excluding carboxylic acids is 1. The van der Waals surface area contributed by atoms with E-state index in [-0.39, 0.29) is 11.5 Å². The second-order valence-electron chi connectivity index (χ2n) is 4.58. The van der Waals surface area contributed by atoms with Gasteiger partial charge in [-0.2, -0.15) is 0 Å². The van der Waals surface area contributed by atoms with Crippen molar-refractivity contribution in [3.8, 4) is 0 Å². The maximum absolute atomic E-state index is 11.0. The number of thiazole rings is 1. The van der Waals surface area contributed by atoms with Crippen LogP contribution in [-0.2, 0) is 21.5 Å². The molecule has 2 rings (SSSR count). The third-order valence-electron chi connectivity index (χ3n) is 3.29. The van der Waals surface area contributed by atoms with Crippen molar-refractivity contribution in [1.29, 1.82) is 0 Å². The Hall–Kier alpha value is -0.940. The largest absolute Gasteiger partial charge is 0.469 e.